The second kappa shape index (κ2) is 5.22. The number of carbonyl (C=O) groups is 1. The van der Waals surface area contributed by atoms with Crippen molar-refractivity contribution in [3.8, 4) is 0 Å². The van der Waals surface area contributed by atoms with Crippen LogP contribution in [0.25, 0.3) is 0 Å². The first-order valence-electron chi connectivity index (χ1n) is 5.74. The zero-order chi connectivity index (χ0) is 14.0. The molecule has 3 nitrogen and oxygen atoms in total. The summed E-state index contributed by atoms with van der Waals surface area (Å²) in [6.45, 7) is 3.13. The Kier molecular flexibility index (Phi) is 3.64. The smallest absolute Gasteiger partial charge is 0.163 e. The Morgan fingerprint density at radius 1 is 1.32 bits per heavy atom. The Morgan fingerprint density at radius 2 is 2.05 bits per heavy atom. The predicted molar refractivity (Wildman–Crippen MR) is 65.9 cm³/mol. The Labute approximate surface area is 109 Å². The van der Waals surface area contributed by atoms with Crippen molar-refractivity contribution in [2.75, 3.05) is 0 Å². The van der Waals surface area contributed by atoms with E-state index in [9.17, 15) is 13.6 Å². The van der Waals surface area contributed by atoms with Gasteiger partial charge in [-0.05, 0) is 25.5 Å². The van der Waals surface area contributed by atoms with Crippen LogP contribution in [-0.2, 0) is 6.42 Å². The van der Waals surface area contributed by atoms with Gasteiger partial charge in [-0.2, -0.15) is 0 Å². The fourth-order valence-electron chi connectivity index (χ4n) is 1.78. The molecule has 19 heavy (non-hydrogen) atoms. The van der Waals surface area contributed by atoms with E-state index >= 15 is 0 Å². The van der Waals surface area contributed by atoms with Crippen molar-refractivity contribution in [3.63, 3.8) is 0 Å². The van der Waals surface area contributed by atoms with Crippen molar-refractivity contribution in [1.29, 1.82) is 0 Å². The molecule has 0 aliphatic carbocycles. The number of hydrogen-bond acceptors (Lipinski definition) is 3. The fourth-order valence-corrected chi connectivity index (χ4v) is 1.78. The summed E-state index contributed by atoms with van der Waals surface area (Å²) in [5.41, 5.74) is 1.32. The molecule has 1 aromatic carbocycles. The van der Waals surface area contributed by atoms with Crippen LogP contribution in [0.1, 0.15) is 34.4 Å². The lowest BCUT2D eigenvalue weighted by Gasteiger charge is -2.05. The molecular weight excluding hydrogens is 250 g/mol. The summed E-state index contributed by atoms with van der Waals surface area (Å²) in [5, 5.41) is 0. The third kappa shape index (κ3) is 2.99. The van der Waals surface area contributed by atoms with Crippen LogP contribution in [-0.4, -0.2) is 15.8 Å². The Balaban J connectivity index is 2.29. The van der Waals surface area contributed by atoms with Gasteiger partial charge in [-0.25, -0.2) is 18.7 Å². The summed E-state index contributed by atoms with van der Waals surface area (Å²) in [6.07, 6.45) is 1.59. The van der Waals surface area contributed by atoms with Crippen molar-refractivity contribution < 1.29 is 13.6 Å². The molecule has 98 valence electrons. The van der Waals surface area contributed by atoms with Crippen LogP contribution < -0.4 is 0 Å². The molecule has 0 bridgehead atoms. The number of hydrogen-bond donors (Lipinski definition) is 0. The topological polar surface area (TPSA) is 42.9 Å². The molecule has 0 N–H and O–H groups in total. The van der Waals surface area contributed by atoms with Gasteiger partial charge in [-0.15, -0.1) is 0 Å². The quantitative estimate of drug-likeness (QED) is 0.799. The van der Waals surface area contributed by atoms with Crippen molar-refractivity contribution >= 4 is 5.78 Å². The number of nitrogens with zero attached hydrogens (tertiary/aromatic N) is 2. The molecule has 0 radical (unpaired) electrons. The highest BCUT2D eigenvalue weighted by Gasteiger charge is 2.10. The van der Waals surface area contributed by atoms with Gasteiger partial charge in [0, 0.05) is 18.7 Å². The maximum absolute atomic E-state index is 13.5. The maximum Gasteiger partial charge on any atom is 0.163 e. The average molecular weight is 262 g/mol. The maximum atomic E-state index is 13.5. The van der Waals surface area contributed by atoms with E-state index < -0.39 is 11.6 Å². The van der Waals surface area contributed by atoms with Crippen LogP contribution in [0.3, 0.4) is 0 Å². The lowest BCUT2D eigenvalue weighted by atomic mass is 10.1. The number of Topliss-reactive ketones (excluding diaryl/α,β-unsaturated/α-hetero) is 1. The largest absolute Gasteiger partial charge is 0.294 e. The van der Waals surface area contributed by atoms with E-state index in [4.69, 9.17) is 0 Å². The number of ketones is 1. The minimum Gasteiger partial charge on any atom is -0.294 e. The summed E-state index contributed by atoms with van der Waals surface area (Å²) >= 11 is 0. The second-order valence-corrected chi connectivity index (χ2v) is 4.25. The number of aryl methyl sites for hydroxylation is 1. The Hall–Kier alpha value is -2.17. The van der Waals surface area contributed by atoms with Gasteiger partial charge in [0.1, 0.15) is 17.5 Å². The van der Waals surface area contributed by atoms with Crippen LogP contribution >= 0.6 is 0 Å². The molecule has 2 rings (SSSR count). The number of carbonyl (C=O) groups excluding carboxylic acids is 1. The van der Waals surface area contributed by atoms with Crippen molar-refractivity contribution in [3.05, 3.63) is 58.7 Å². The lowest BCUT2D eigenvalue weighted by molar-refractivity contribution is 0.101. The zero-order valence-electron chi connectivity index (χ0n) is 10.6. The Bertz CT molecular complexity index is 641. The van der Waals surface area contributed by atoms with Crippen LogP contribution in [0.4, 0.5) is 8.78 Å². The van der Waals surface area contributed by atoms with Crippen molar-refractivity contribution in [1.82, 2.24) is 9.97 Å². The van der Waals surface area contributed by atoms with E-state index in [1.54, 1.807) is 6.92 Å². The third-order valence-electron chi connectivity index (χ3n) is 2.77. The molecule has 1 aromatic heterocycles. The highest BCUT2D eigenvalue weighted by molar-refractivity contribution is 5.94. The van der Waals surface area contributed by atoms with Gasteiger partial charge in [0.25, 0.3) is 0 Å². The molecule has 0 aliphatic rings. The minimum absolute atomic E-state index is 0.114. The highest BCUT2D eigenvalue weighted by atomic mass is 19.1. The first kappa shape index (κ1) is 13.3. The van der Waals surface area contributed by atoms with Gasteiger partial charge in [0.15, 0.2) is 5.78 Å². The van der Waals surface area contributed by atoms with E-state index in [0.717, 1.165) is 6.07 Å². The zero-order valence-corrected chi connectivity index (χ0v) is 10.6. The molecule has 5 heteroatoms. The predicted octanol–water partition coefficient (Wildman–Crippen LogP) is 2.86. The van der Waals surface area contributed by atoms with Crippen LogP contribution in [0, 0.1) is 18.6 Å². The van der Waals surface area contributed by atoms with E-state index in [-0.39, 0.29) is 12.2 Å². The molecule has 0 unspecified atom stereocenters. The average Bonchev–Trinajstić information content (AvgIpc) is 2.32. The molecule has 0 saturated heterocycles. The molecule has 0 amide bonds. The third-order valence-corrected chi connectivity index (χ3v) is 2.77. The SMILES string of the molecule is CC(=O)c1cnc(Cc2ccc(F)cc2F)nc1C. The van der Waals surface area contributed by atoms with Gasteiger partial charge in [0.2, 0.25) is 0 Å². The highest BCUT2D eigenvalue weighted by Crippen LogP contribution is 2.13. The molecule has 1 heterocycles. The standard InChI is InChI=1S/C14H12F2N2O/c1-8-12(9(2)19)7-17-14(18-8)5-10-3-4-11(15)6-13(10)16/h3-4,6-7H,5H2,1-2H3. The van der Waals surface area contributed by atoms with Crippen molar-refractivity contribution in [2.45, 2.75) is 20.3 Å². The molecule has 0 aliphatic heterocycles. The van der Waals surface area contributed by atoms with E-state index in [1.165, 1.54) is 25.3 Å². The molecule has 0 fully saturated rings. The second-order valence-electron chi connectivity index (χ2n) is 4.25. The monoisotopic (exact) mass is 262 g/mol. The number of rotatable bonds is 3. The van der Waals surface area contributed by atoms with Gasteiger partial charge in [-0.1, -0.05) is 6.07 Å². The molecular formula is C14H12F2N2O. The van der Waals surface area contributed by atoms with Gasteiger partial charge in [-0.3, -0.25) is 4.79 Å². The van der Waals surface area contributed by atoms with E-state index in [0.29, 0.717) is 22.6 Å². The summed E-state index contributed by atoms with van der Waals surface area (Å²) in [6, 6.07) is 3.38. The number of halogens is 2. The van der Waals surface area contributed by atoms with Crippen LogP contribution in [0.2, 0.25) is 0 Å². The van der Waals surface area contributed by atoms with Crippen LogP contribution in [0.15, 0.2) is 24.4 Å². The molecule has 0 saturated carbocycles. The molecule has 0 atom stereocenters. The summed E-state index contributed by atoms with van der Waals surface area (Å²) in [4.78, 5) is 19.4. The Morgan fingerprint density at radius 3 is 2.63 bits per heavy atom. The summed E-state index contributed by atoms with van der Waals surface area (Å²) in [5.74, 6) is -0.966. The lowest BCUT2D eigenvalue weighted by Crippen LogP contribution is -2.05. The van der Waals surface area contributed by atoms with E-state index in [1.807, 2.05) is 0 Å². The minimum atomic E-state index is -0.628. The van der Waals surface area contributed by atoms with Gasteiger partial charge < -0.3 is 0 Å². The normalized spacial score (nSPS) is 10.5. The molecule has 2 aromatic rings. The van der Waals surface area contributed by atoms with Gasteiger partial charge >= 0.3 is 0 Å². The van der Waals surface area contributed by atoms with E-state index in [2.05, 4.69) is 9.97 Å². The fraction of sp³-hybridized carbons (Fsp3) is 0.214. The van der Waals surface area contributed by atoms with Crippen molar-refractivity contribution in [2.24, 2.45) is 0 Å². The number of aromatic nitrogens is 2. The first-order valence-corrected chi connectivity index (χ1v) is 5.74. The summed E-state index contributed by atoms with van der Waals surface area (Å²) in [7, 11) is 0. The molecule has 0 spiro atoms. The van der Waals surface area contributed by atoms with Crippen LogP contribution in [0.5, 0.6) is 0 Å². The summed E-state index contributed by atoms with van der Waals surface area (Å²) < 4.78 is 26.3. The number of benzene rings is 1. The first-order chi connectivity index (χ1) is 8.97. The van der Waals surface area contributed by atoms with Gasteiger partial charge in [0.05, 0.1) is 11.3 Å².